The number of aliphatic hydroxyl groups is 1. The number of carbonyl (C=O) groups excluding carboxylic acids is 1. The lowest BCUT2D eigenvalue weighted by Crippen LogP contribution is -2.33. The van der Waals surface area contributed by atoms with Crippen LogP contribution in [-0.2, 0) is 0 Å². The Hall–Kier alpha value is -2.98. The van der Waals surface area contributed by atoms with Crippen LogP contribution in [0.2, 0.25) is 0 Å². The molecule has 1 atom stereocenters. The minimum atomic E-state index is -1.10. The van der Waals surface area contributed by atoms with E-state index in [-0.39, 0.29) is 12.1 Å². The Balaban J connectivity index is 1.96. The fourth-order valence-corrected chi connectivity index (χ4v) is 1.93. The van der Waals surface area contributed by atoms with Crippen molar-refractivity contribution in [1.29, 1.82) is 0 Å². The average molecular weight is 334 g/mol. The summed E-state index contributed by atoms with van der Waals surface area (Å²) in [6.07, 6.45) is 3.95. The second-order valence-electron chi connectivity index (χ2n) is 4.86. The molecule has 0 bridgehead atoms. The average Bonchev–Trinajstić information content (AvgIpc) is 2.56. The highest BCUT2D eigenvalue weighted by Gasteiger charge is 2.15. The highest BCUT2D eigenvalue weighted by molar-refractivity contribution is 5.89. The molecular formula is C17H13F3N2O2. The second kappa shape index (κ2) is 7.53. The number of aliphatic hydroxyl groups excluding tert-OH is 1. The summed E-state index contributed by atoms with van der Waals surface area (Å²) in [6.45, 7) is -0.233. The third-order valence-corrected chi connectivity index (χ3v) is 3.16. The number of urea groups is 1. The maximum absolute atomic E-state index is 13.7. The van der Waals surface area contributed by atoms with E-state index in [1.165, 1.54) is 12.1 Å². The third kappa shape index (κ3) is 4.27. The van der Waals surface area contributed by atoms with Crippen molar-refractivity contribution < 1.29 is 23.1 Å². The molecule has 0 heterocycles. The molecule has 0 fully saturated rings. The number of hydrogen-bond acceptors (Lipinski definition) is 2. The van der Waals surface area contributed by atoms with Gasteiger partial charge in [-0.15, -0.1) is 6.42 Å². The predicted octanol–water partition coefficient (Wildman–Crippen LogP) is 2.94. The van der Waals surface area contributed by atoms with Crippen LogP contribution in [0.5, 0.6) is 0 Å². The van der Waals surface area contributed by atoms with Crippen LogP contribution >= 0.6 is 0 Å². The Morgan fingerprint density at radius 1 is 1.17 bits per heavy atom. The minimum absolute atomic E-state index is 0.00249. The van der Waals surface area contributed by atoms with Crippen LogP contribution in [0.4, 0.5) is 23.7 Å². The monoisotopic (exact) mass is 334 g/mol. The van der Waals surface area contributed by atoms with Crippen molar-refractivity contribution in [2.24, 2.45) is 0 Å². The van der Waals surface area contributed by atoms with Crippen molar-refractivity contribution in [3.05, 3.63) is 65.0 Å². The van der Waals surface area contributed by atoms with Crippen LogP contribution in [0.15, 0.2) is 36.4 Å². The van der Waals surface area contributed by atoms with Crippen molar-refractivity contribution in [2.45, 2.75) is 6.10 Å². The molecule has 2 amide bonds. The van der Waals surface area contributed by atoms with E-state index in [1.807, 2.05) is 5.32 Å². The van der Waals surface area contributed by atoms with Gasteiger partial charge in [-0.05, 0) is 29.8 Å². The van der Waals surface area contributed by atoms with E-state index in [4.69, 9.17) is 6.42 Å². The fourth-order valence-electron chi connectivity index (χ4n) is 1.93. The first-order chi connectivity index (χ1) is 11.4. The van der Waals surface area contributed by atoms with Gasteiger partial charge in [0.1, 0.15) is 11.5 Å². The van der Waals surface area contributed by atoms with Gasteiger partial charge >= 0.3 is 6.03 Å². The zero-order valence-corrected chi connectivity index (χ0v) is 12.3. The third-order valence-electron chi connectivity index (χ3n) is 3.16. The molecule has 2 aromatic rings. The fraction of sp³-hybridized carbons (Fsp3) is 0.118. The number of rotatable bonds is 4. The number of benzene rings is 2. The topological polar surface area (TPSA) is 61.4 Å². The van der Waals surface area contributed by atoms with Gasteiger partial charge in [-0.1, -0.05) is 18.1 Å². The van der Waals surface area contributed by atoms with E-state index in [0.29, 0.717) is 5.56 Å². The van der Waals surface area contributed by atoms with E-state index in [2.05, 4.69) is 11.2 Å². The summed E-state index contributed by atoms with van der Waals surface area (Å²) in [4.78, 5) is 11.7. The Labute approximate surface area is 136 Å². The smallest absolute Gasteiger partial charge is 0.319 e. The molecule has 7 heteroatoms. The summed E-state index contributed by atoms with van der Waals surface area (Å²) in [5, 5.41) is 14.1. The molecule has 0 aliphatic heterocycles. The van der Waals surface area contributed by atoms with Crippen molar-refractivity contribution in [2.75, 3.05) is 11.9 Å². The minimum Gasteiger partial charge on any atom is -0.387 e. The van der Waals surface area contributed by atoms with Crippen LogP contribution in [0.3, 0.4) is 0 Å². The first kappa shape index (κ1) is 17.4. The normalized spacial score (nSPS) is 11.5. The molecule has 4 nitrogen and oxygen atoms in total. The summed E-state index contributed by atoms with van der Waals surface area (Å²) in [7, 11) is 0. The molecule has 2 rings (SSSR count). The summed E-state index contributed by atoms with van der Waals surface area (Å²) in [5.74, 6) is -0.410. The van der Waals surface area contributed by atoms with E-state index < -0.39 is 35.3 Å². The molecule has 0 spiro atoms. The number of hydrogen-bond donors (Lipinski definition) is 3. The molecule has 1 unspecified atom stereocenters. The number of nitrogens with one attached hydrogen (secondary N) is 2. The molecule has 3 N–H and O–H groups in total. The molecule has 0 aliphatic carbocycles. The Kier molecular flexibility index (Phi) is 5.45. The zero-order valence-electron chi connectivity index (χ0n) is 12.3. The number of halogens is 3. The summed E-state index contributed by atoms with van der Waals surface area (Å²) < 4.78 is 40.2. The van der Waals surface area contributed by atoms with E-state index in [0.717, 1.165) is 24.3 Å². The summed E-state index contributed by atoms with van der Waals surface area (Å²) in [5.41, 5.74) is -0.266. The predicted molar refractivity (Wildman–Crippen MR) is 82.7 cm³/mol. The first-order valence-corrected chi connectivity index (χ1v) is 6.84. The molecule has 0 aromatic heterocycles. The van der Waals surface area contributed by atoms with Crippen LogP contribution in [-0.4, -0.2) is 17.7 Å². The molecule has 0 aliphatic rings. The van der Waals surface area contributed by atoms with Gasteiger partial charge in [0.2, 0.25) is 0 Å². The highest BCUT2D eigenvalue weighted by atomic mass is 19.1. The molecule has 2 aromatic carbocycles. The lowest BCUT2D eigenvalue weighted by Gasteiger charge is -2.13. The van der Waals surface area contributed by atoms with Crippen LogP contribution in [0.25, 0.3) is 0 Å². The lowest BCUT2D eigenvalue weighted by molar-refractivity contribution is 0.175. The zero-order chi connectivity index (χ0) is 17.7. The van der Waals surface area contributed by atoms with Gasteiger partial charge in [0.25, 0.3) is 0 Å². The molecule has 0 saturated heterocycles. The van der Waals surface area contributed by atoms with Crippen molar-refractivity contribution >= 4 is 11.7 Å². The first-order valence-electron chi connectivity index (χ1n) is 6.84. The van der Waals surface area contributed by atoms with Gasteiger partial charge in [-0.3, -0.25) is 0 Å². The maximum Gasteiger partial charge on any atom is 0.319 e. The van der Waals surface area contributed by atoms with Crippen LogP contribution in [0, 0.1) is 29.8 Å². The molecule has 0 saturated carbocycles. The van der Waals surface area contributed by atoms with Crippen LogP contribution in [0.1, 0.15) is 17.2 Å². The number of anilines is 1. The van der Waals surface area contributed by atoms with E-state index in [9.17, 15) is 23.1 Å². The van der Waals surface area contributed by atoms with Crippen molar-refractivity contribution in [3.8, 4) is 12.3 Å². The Morgan fingerprint density at radius 3 is 2.29 bits per heavy atom. The SMILES string of the molecule is C#Cc1cc(F)c(NC(=O)NCC(O)c2ccc(F)cc2)c(F)c1. The molecule has 124 valence electrons. The van der Waals surface area contributed by atoms with E-state index >= 15 is 0 Å². The molecule has 24 heavy (non-hydrogen) atoms. The maximum atomic E-state index is 13.7. The van der Waals surface area contributed by atoms with Crippen molar-refractivity contribution in [3.63, 3.8) is 0 Å². The summed E-state index contributed by atoms with van der Waals surface area (Å²) >= 11 is 0. The van der Waals surface area contributed by atoms with Crippen molar-refractivity contribution in [1.82, 2.24) is 5.32 Å². The van der Waals surface area contributed by atoms with Gasteiger partial charge in [-0.25, -0.2) is 18.0 Å². The van der Waals surface area contributed by atoms with Gasteiger partial charge in [0.15, 0.2) is 11.6 Å². The number of amides is 2. The molecule has 0 radical (unpaired) electrons. The largest absolute Gasteiger partial charge is 0.387 e. The van der Waals surface area contributed by atoms with Crippen LogP contribution < -0.4 is 10.6 Å². The van der Waals surface area contributed by atoms with Gasteiger partial charge in [0, 0.05) is 12.1 Å². The lowest BCUT2D eigenvalue weighted by atomic mass is 10.1. The number of carbonyl (C=O) groups is 1. The van der Waals surface area contributed by atoms with E-state index in [1.54, 1.807) is 0 Å². The number of terminal acetylenes is 1. The van der Waals surface area contributed by atoms with Gasteiger partial charge in [0.05, 0.1) is 6.10 Å². The Bertz CT molecular complexity index is 762. The Morgan fingerprint density at radius 2 is 1.75 bits per heavy atom. The van der Waals surface area contributed by atoms with Gasteiger partial charge in [-0.2, -0.15) is 0 Å². The quantitative estimate of drug-likeness (QED) is 0.753. The molecular weight excluding hydrogens is 321 g/mol. The second-order valence-corrected chi connectivity index (χ2v) is 4.86. The van der Waals surface area contributed by atoms with Gasteiger partial charge < -0.3 is 15.7 Å². The highest BCUT2D eigenvalue weighted by Crippen LogP contribution is 2.20. The standard InChI is InChI=1S/C17H13F3N2O2/c1-2-10-7-13(19)16(14(20)8-10)22-17(24)21-9-15(23)11-3-5-12(18)6-4-11/h1,3-8,15,23H,9H2,(H2,21,22,24). The summed E-state index contributed by atoms with van der Waals surface area (Å²) in [6, 6.07) is 5.95.